The number of nitrogens with zero attached hydrogens (tertiary/aromatic N) is 4. The molecule has 41 heavy (non-hydrogen) atoms. The van der Waals surface area contributed by atoms with Gasteiger partial charge in [-0.2, -0.15) is 0 Å². The first-order valence-corrected chi connectivity index (χ1v) is 13.4. The van der Waals surface area contributed by atoms with Crippen molar-refractivity contribution < 1.29 is 30.0 Å². The molecule has 0 unspecified atom stereocenters. The maximum absolute atomic E-state index is 10.1. The molecule has 0 saturated carbocycles. The van der Waals surface area contributed by atoms with Gasteiger partial charge < -0.3 is 9.67 Å². The topological polar surface area (TPSA) is 72.4 Å². The number of pyridine rings is 1. The van der Waals surface area contributed by atoms with Crippen molar-refractivity contribution in [1.82, 2.24) is 14.5 Å². The predicted molar refractivity (Wildman–Crippen MR) is 160 cm³/mol. The fraction of sp³-hybridized carbons (Fsp3) is 0.235. The van der Waals surface area contributed by atoms with Gasteiger partial charge >= 0.3 is 5.97 Å². The van der Waals surface area contributed by atoms with Gasteiger partial charge in [0.25, 0.3) is 0 Å². The van der Waals surface area contributed by atoms with Crippen LogP contribution in [-0.4, -0.2) is 25.6 Å². The summed E-state index contributed by atoms with van der Waals surface area (Å²) in [7, 11) is 0. The minimum Gasteiger partial charge on any atom is -0.477 e. The molecule has 2 heterocycles. The van der Waals surface area contributed by atoms with Gasteiger partial charge in [0.2, 0.25) is 0 Å². The number of carbonyl (C=O) groups is 1. The Morgan fingerprint density at radius 2 is 1.59 bits per heavy atom. The second-order valence-corrected chi connectivity index (χ2v) is 10.5. The summed E-state index contributed by atoms with van der Waals surface area (Å²) in [4.78, 5) is 22.5. The Morgan fingerprint density at radius 3 is 2.10 bits per heavy atom. The number of hydrogen-bond acceptors (Lipinski definition) is 3. The van der Waals surface area contributed by atoms with Crippen LogP contribution in [0.2, 0.25) is 0 Å². The van der Waals surface area contributed by atoms with E-state index in [1.807, 2.05) is 24.3 Å². The molecule has 1 radical (unpaired) electrons. The van der Waals surface area contributed by atoms with Crippen LogP contribution in [0.4, 0.5) is 5.69 Å². The average Bonchev–Trinajstić information content (AvgIpc) is 3.33. The van der Waals surface area contributed by atoms with Crippen molar-refractivity contribution in [2.45, 2.75) is 40.5 Å². The number of carboxylic acid groups (broad SMARTS) is 1. The molecule has 3 aromatic carbocycles. The van der Waals surface area contributed by atoms with E-state index in [1.165, 1.54) is 29.1 Å². The van der Waals surface area contributed by atoms with Crippen LogP contribution in [0.3, 0.4) is 0 Å². The van der Waals surface area contributed by atoms with Crippen LogP contribution >= 0.6 is 0 Å². The van der Waals surface area contributed by atoms with E-state index in [0.29, 0.717) is 17.5 Å². The van der Waals surface area contributed by atoms with E-state index in [2.05, 4.69) is 84.6 Å². The normalized spacial score (nSPS) is 10.6. The van der Waals surface area contributed by atoms with Crippen LogP contribution in [-0.2, 0) is 32.9 Å². The van der Waals surface area contributed by atoms with Gasteiger partial charge in [-0.05, 0) is 60.1 Å². The number of para-hydroxylation sites is 2. The van der Waals surface area contributed by atoms with Crippen LogP contribution in [0.5, 0.6) is 0 Å². The molecule has 0 saturated heterocycles. The largest absolute Gasteiger partial charge is 0.477 e. The molecule has 0 bridgehead atoms. The standard InChI is InChI=1S/C28H28N3.C6H5NO2.Ir/c1-19(2)15-22-17-24(29-5)18-23(16-20(3)4)27(22)31-26-14-10-9-13-25(26)30-28(31)21-11-7-6-8-12-21;8-6(9)5-3-1-2-4-7-5;/h6-11,13-14,17-20H,15-16H2,1-4H3;1-4H,(H,8,9);/q-1;;. The molecule has 0 atom stereocenters. The van der Waals surface area contributed by atoms with E-state index in [1.54, 1.807) is 12.1 Å². The molecule has 2 aromatic heterocycles. The number of rotatable bonds is 7. The first kappa shape index (κ1) is 31.4. The second-order valence-electron chi connectivity index (χ2n) is 10.5. The van der Waals surface area contributed by atoms with Gasteiger partial charge in [-0.15, -0.1) is 35.9 Å². The Morgan fingerprint density at radius 1 is 0.951 bits per heavy atom. The first-order valence-electron chi connectivity index (χ1n) is 13.4. The van der Waals surface area contributed by atoms with Gasteiger partial charge in [-0.25, -0.2) is 14.6 Å². The van der Waals surface area contributed by atoms with Crippen molar-refractivity contribution in [1.29, 1.82) is 0 Å². The van der Waals surface area contributed by atoms with Crippen molar-refractivity contribution in [3.8, 4) is 17.1 Å². The Balaban J connectivity index is 0.000000396. The Kier molecular flexibility index (Phi) is 11.1. The summed E-state index contributed by atoms with van der Waals surface area (Å²) in [5.74, 6) is 0.865. The van der Waals surface area contributed by atoms with Gasteiger partial charge in [0.05, 0.1) is 23.4 Å². The van der Waals surface area contributed by atoms with E-state index >= 15 is 0 Å². The van der Waals surface area contributed by atoms with Gasteiger partial charge in [-0.3, -0.25) is 4.98 Å². The maximum atomic E-state index is 10.1. The summed E-state index contributed by atoms with van der Waals surface area (Å²) in [6, 6.07) is 28.6. The molecule has 7 heteroatoms. The minimum atomic E-state index is -0.990. The fourth-order valence-corrected chi connectivity index (χ4v) is 4.74. The molecule has 211 valence electrons. The monoisotopic (exact) mass is 722 g/mol. The Bertz CT molecular complexity index is 1610. The third-order valence-electron chi connectivity index (χ3n) is 6.26. The Hall–Kier alpha value is -4.11. The summed E-state index contributed by atoms with van der Waals surface area (Å²) in [5, 5.41) is 8.32. The van der Waals surface area contributed by atoms with Crippen molar-refractivity contribution in [2.75, 3.05) is 0 Å². The molecule has 0 fully saturated rings. The Labute approximate surface area is 255 Å². The van der Waals surface area contributed by atoms with Crippen LogP contribution in [0, 0.1) is 24.5 Å². The van der Waals surface area contributed by atoms with E-state index in [-0.39, 0.29) is 25.8 Å². The molecule has 0 aliphatic rings. The van der Waals surface area contributed by atoms with E-state index in [9.17, 15) is 4.79 Å². The molecule has 1 N–H and O–H groups in total. The predicted octanol–water partition coefficient (Wildman–Crippen LogP) is 8.22. The van der Waals surface area contributed by atoms with E-state index < -0.39 is 5.97 Å². The molecule has 0 aliphatic heterocycles. The average molecular weight is 722 g/mol. The molecule has 5 aromatic rings. The zero-order valence-electron chi connectivity index (χ0n) is 23.6. The number of fused-ring (bicyclic) bond motifs is 1. The van der Waals surface area contributed by atoms with Crippen molar-refractivity contribution in [2.24, 2.45) is 11.8 Å². The van der Waals surface area contributed by atoms with Crippen LogP contribution in [0.1, 0.15) is 49.3 Å². The maximum Gasteiger partial charge on any atom is 0.354 e. The zero-order chi connectivity index (χ0) is 28.6. The van der Waals surface area contributed by atoms with Gasteiger partial charge in [-0.1, -0.05) is 58.0 Å². The SMILES string of the molecule is O=C(O)c1ccccn1.[C-]#[N+]c1cc(CC(C)C)c(-n2c(-c3[c-]cccc3)nc3ccccc32)c(CC(C)C)c1.[Ir]. The molecule has 6 nitrogen and oxygen atoms in total. The van der Waals surface area contributed by atoms with Gasteiger partial charge in [0.1, 0.15) is 5.69 Å². The number of carboxylic acids is 1. The summed E-state index contributed by atoms with van der Waals surface area (Å²) in [6.07, 6.45) is 3.27. The van der Waals surface area contributed by atoms with Crippen LogP contribution < -0.4 is 0 Å². The summed E-state index contributed by atoms with van der Waals surface area (Å²) in [5.41, 5.74) is 7.41. The van der Waals surface area contributed by atoms with Crippen molar-refractivity contribution in [3.05, 3.63) is 119 Å². The smallest absolute Gasteiger partial charge is 0.354 e. The number of hydrogen-bond donors (Lipinski definition) is 1. The first-order chi connectivity index (χ1) is 19.3. The number of benzene rings is 3. The summed E-state index contributed by atoms with van der Waals surface area (Å²) >= 11 is 0. The summed E-state index contributed by atoms with van der Waals surface area (Å²) < 4.78 is 2.30. The van der Waals surface area contributed by atoms with E-state index in [4.69, 9.17) is 16.7 Å². The minimum absolute atomic E-state index is 0. The van der Waals surface area contributed by atoms with Crippen LogP contribution in [0.15, 0.2) is 85.1 Å². The molecule has 0 aliphatic carbocycles. The molecular formula is C34H33IrN4O2-. The third kappa shape index (κ3) is 7.76. The quantitative estimate of drug-likeness (QED) is 0.172. The van der Waals surface area contributed by atoms with Gasteiger partial charge in [0, 0.05) is 32.0 Å². The number of aromatic nitrogens is 3. The molecule has 0 spiro atoms. The molecular weight excluding hydrogens is 689 g/mol. The third-order valence-corrected chi connectivity index (χ3v) is 6.26. The number of aromatic carboxylic acids is 1. The van der Waals surface area contributed by atoms with Gasteiger partial charge in [0.15, 0.2) is 5.69 Å². The fourth-order valence-electron chi connectivity index (χ4n) is 4.74. The van der Waals surface area contributed by atoms with E-state index in [0.717, 1.165) is 35.3 Å². The zero-order valence-corrected chi connectivity index (χ0v) is 26.0. The number of imidazole rings is 1. The molecule has 5 rings (SSSR count). The second kappa shape index (κ2) is 14.5. The van der Waals surface area contributed by atoms with Crippen LogP contribution in [0.25, 0.3) is 33.0 Å². The van der Waals surface area contributed by atoms with Crippen molar-refractivity contribution in [3.63, 3.8) is 0 Å². The summed E-state index contributed by atoms with van der Waals surface area (Å²) in [6.45, 7) is 16.6. The molecule has 0 amide bonds. The van der Waals surface area contributed by atoms with Crippen molar-refractivity contribution >= 4 is 22.7 Å².